The van der Waals surface area contributed by atoms with Crippen molar-refractivity contribution in [3.8, 4) is 6.07 Å². The topological polar surface area (TPSA) is 33.0 Å². The predicted molar refractivity (Wildman–Crippen MR) is 46.7 cm³/mol. The average molecular weight is 182 g/mol. The quantitative estimate of drug-likeness (QED) is 0.671. The zero-order valence-electron chi connectivity index (χ0n) is 6.46. The summed E-state index contributed by atoms with van der Waals surface area (Å²) in [5.74, 6) is 0. The van der Waals surface area contributed by atoms with Crippen LogP contribution in [0.5, 0.6) is 0 Å². The largest absolute Gasteiger partial charge is 0.362 e. The Kier molecular flexibility index (Phi) is 3.59. The first kappa shape index (κ1) is 9.05. The van der Waals surface area contributed by atoms with Gasteiger partial charge in [0, 0.05) is 5.02 Å². The molecule has 0 aliphatic rings. The van der Waals surface area contributed by atoms with Crippen molar-refractivity contribution in [1.82, 2.24) is 0 Å². The van der Waals surface area contributed by atoms with E-state index in [4.69, 9.17) is 21.6 Å². The maximum atomic E-state index is 8.21. The summed E-state index contributed by atoms with van der Waals surface area (Å²) in [6.45, 7) is 0.498. The zero-order valence-corrected chi connectivity index (χ0v) is 7.21. The Balaban J connectivity index is 2.53. The molecule has 0 aliphatic carbocycles. The molecule has 1 aromatic carbocycles. The van der Waals surface area contributed by atoms with Crippen molar-refractivity contribution in [2.45, 2.75) is 6.61 Å². The molecule has 0 aliphatic heterocycles. The standard InChI is InChI=1S/C9H8ClNO/c10-9-4-2-1-3-8(9)7-12-6-5-11/h1-4H,6-7H2. The Hall–Kier alpha value is -1.04. The minimum atomic E-state index is 0.102. The second kappa shape index (κ2) is 4.76. The molecule has 12 heavy (non-hydrogen) atoms. The van der Waals surface area contributed by atoms with Crippen molar-refractivity contribution in [1.29, 1.82) is 5.26 Å². The van der Waals surface area contributed by atoms with Crippen molar-refractivity contribution >= 4 is 11.6 Å². The van der Waals surface area contributed by atoms with Crippen LogP contribution in [0, 0.1) is 11.3 Å². The summed E-state index contributed by atoms with van der Waals surface area (Å²) in [6, 6.07) is 9.31. The van der Waals surface area contributed by atoms with Gasteiger partial charge in [-0.15, -0.1) is 0 Å². The third kappa shape index (κ3) is 2.54. The lowest BCUT2D eigenvalue weighted by Gasteiger charge is -2.01. The first-order valence-corrected chi connectivity index (χ1v) is 3.90. The predicted octanol–water partition coefficient (Wildman–Crippen LogP) is 2.38. The van der Waals surface area contributed by atoms with Gasteiger partial charge in [-0.25, -0.2) is 0 Å². The van der Waals surface area contributed by atoms with E-state index in [9.17, 15) is 0 Å². The van der Waals surface area contributed by atoms with E-state index in [1.807, 2.05) is 24.3 Å². The van der Waals surface area contributed by atoms with Crippen molar-refractivity contribution in [2.75, 3.05) is 6.61 Å². The van der Waals surface area contributed by atoms with Gasteiger partial charge >= 0.3 is 0 Å². The number of hydrogen-bond donors (Lipinski definition) is 0. The van der Waals surface area contributed by atoms with Gasteiger partial charge < -0.3 is 4.74 Å². The fourth-order valence-electron chi connectivity index (χ4n) is 0.822. The first-order chi connectivity index (χ1) is 5.84. The summed E-state index contributed by atoms with van der Waals surface area (Å²) >= 11 is 5.84. The highest BCUT2D eigenvalue weighted by Gasteiger charge is 1.97. The number of halogens is 1. The lowest BCUT2D eigenvalue weighted by molar-refractivity contribution is 0.152. The highest BCUT2D eigenvalue weighted by Crippen LogP contribution is 2.15. The van der Waals surface area contributed by atoms with Gasteiger partial charge in [0.2, 0.25) is 0 Å². The van der Waals surface area contributed by atoms with Crippen LogP contribution in [0.2, 0.25) is 5.02 Å². The molecule has 0 unspecified atom stereocenters. The monoisotopic (exact) mass is 181 g/mol. The number of nitriles is 1. The van der Waals surface area contributed by atoms with Crippen LogP contribution in [-0.2, 0) is 11.3 Å². The molecule has 0 N–H and O–H groups in total. The van der Waals surface area contributed by atoms with Gasteiger partial charge in [-0.3, -0.25) is 0 Å². The van der Waals surface area contributed by atoms with Crippen molar-refractivity contribution < 1.29 is 4.74 Å². The lowest BCUT2D eigenvalue weighted by Crippen LogP contribution is -1.93. The SMILES string of the molecule is N#CCOCc1ccccc1Cl. The normalized spacial score (nSPS) is 9.33. The number of benzene rings is 1. The van der Waals surface area contributed by atoms with E-state index in [0.717, 1.165) is 5.56 Å². The summed E-state index contributed by atoms with van der Waals surface area (Å²) in [6.07, 6.45) is 0. The molecule has 0 atom stereocenters. The molecule has 0 aromatic heterocycles. The van der Waals surface area contributed by atoms with Gasteiger partial charge in [-0.05, 0) is 11.6 Å². The van der Waals surface area contributed by atoms with Crippen molar-refractivity contribution in [3.05, 3.63) is 34.9 Å². The number of hydrogen-bond acceptors (Lipinski definition) is 2. The van der Waals surface area contributed by atoms with Crippen LogP contribution in [0.3, 0.4) is 0 Å². The van der Waals surface area contributed by atoms with E-state index in [1.54, 1.807) is 6.07 Å². The summed E-state index contributed by atoms with van der Waals surface area (Å²) in [7, 11) is 0. The van der Waals surface area contributed by atoms with E-state index in [1.165, 1.54) is 0 Å². The molecule has 0 heterocycles. The molecule has 3 heteroatoms. The smallest absolute Gasteiger partial charge is 0.134 e. The summed E-state index contributed by atoms with van der Waals surface area (Å²) in [5, 5.41) is 8.88. The van der Waals surface area contributed by atoms with Gasteiger partial charge in [0.15, 0.2) is 0 Å². The Morgan fingerprint density at radius 3 is 2.83 bits per heavy atom. The van der Waals surface area contributed by atoms with Crippen LogP contribution in [-0.4, -0.2) is 6.61 Å². The summed E-state index contributed by atoms with van der Waals surface area (Å²) < 4.78 is 5.00. The van der Waals surface area contributed by atoms with E-state index in [-0.39, 0.29) is 6.61 Å². The molecule has 0 saturated heterocycles. The molecule has 0 amide bonds. The second-order valence-electron chi connectivity index (χ2n) is 2.24. The van der Waals surface area contributed by atoms with E-state index in [2.05, 4.69) is 0 Å². The molecular formula is C9H8ClNO. The lowest BCUT2D eigenvalue weighted by atomic mass is 10.2. The molecule has 2 nitrogen and oxygen atoms in total. The fourth-order valence-corrected chi connectivity index (χ4v) is 1.01. The minimum Gasteiger partial charge on any atom is -0.362 e. The summed E-state index contributed by atoms with van der Waals surface area (Å²) in [4.78, 5) is 0. The van der Waals surface area contributed by atoms with Crippen LogP contribution in [0.1, 0.15) is 5.56 Å². The Labute approximate surface area is 76.3 Å². The maximum Gasteiger partial charge on any atom is 0.134 e. The number of rotatable bonds is 3. The number of nitrogens with zero attached hydrogens (tertiary/aromatic N) is 1. The van der Waals surface area contributed by atoms with Crippen LogP contribution in [0.25, 0.3) is 0 Å². The van der Waals surface area contributed by atoms with Gasteiger partial charge in [-0.2, -0.15) is 5.26 Å². The Morgan fingerprint density at radius 2 is 2.17 bits per heavy atom. The van der Waals surface area contributed by atoms with Crippen molar-refractivity contribution in [2.24, 2.45) is 0 Å². The molecule has 1 aromatic rings. The van der Waals surface area contributed by atoms with Gasteiger partial charge in [0.05, 0.1) is 12.7 Å². The van der Waals surface area contributed by atoms with Gasteiger partial charge in [0.25, 0.3) is 0 Å². The number of ether oxygens (including phenoxy) is 1. The Bertz CT molecular complexity index is 293. The molecule has 0 bridgehead atoms. The molecule has 1 rings (SSSR count). The first-order valence-electron chi connectivity index (χ1n) is 3.52. The second-order valence-corrected chi connectivity index (χ2v) is 2.65. The molecule has 0 fully saturated rings. The molecular weight excluding hydrogens is 174 g/mol. The van der Waals surface area contributed by atoms with E-state index >= 15 is 0 Å². The van der Waals surface area contributed by atoms with Crippen LogP contribution in [0.15, 0.2) is 24.3 Å². The molecule has 0 spiro atoms. The maximum absolute atomic E-state index is 8.21. The third-order valence-electron chi connectivity index (χ3n) is 1.38. The molecule has 62 valence electrons. The van der Waals surface area contributed by atoms with Crippen molar-refractivity contribution in [3.63, 3.8) is 0 Å². The van der Waals surface area contributed by atoms with E-state index < -0.39 is 0 Å². The highest BCUT2D eigenvalue weighted by atomic mass is 35.5. The Morgan fingerprint density at radius 1 is 1.42 bits per heavy atom. The molecule has 0 saturated carbocycles. The summed E-state index contributed by atoms with van der Waals surface area (Å²) in [5.41, 5.74) is 0.911. The van der Waals surface area contributed by atoms with Gasteiger partial charge in [-0.1, -0.05) is 29.8 Å². The minimum absolute atomic E-state index is 0.102. The zero-order chi connectivity index (χ0) is 8.81. The fraction of sp³-hybridized carbons (Fsp3) is 0.222. The van der Waals surface area contributed by atoms with Crippen LogP contribution in [0.4, 0.5) is 0 Å². The van der Waals surface area contributed by atoms with Gasteiger partial charge in [0.1, 0.15) is 6.61 Å². The van der Waals surface area contributed by atoms with Crippen LogP contribution >= 0.6 is 11.6 Å². The van der Waals surface area contributed by atoms with Crippen LogP contribution < -0.4 is 0 Å². The third-order valence-corrected chi connectivity index (χ3v) is 1.75. The van der Waals surface area contributed by atoms with E-state index in [0.29, 0.717) is 11.6 Å². The highest BCUT2D eigenvalue weighted by molar-refractivity contribution is 6.31. The molecule has 0 radical (unpaired) electrons. The average Bonchev–Trinajstić information content (AvgIpc) is 2.09.